The van der Waals surface area contributed by atoms with Crippen LogP contribution in [0.3, 0.4) is 0 Å². The van der Waals surface area contributed by atoms with Crippen LogP contribution in [0.15, 0.2) is 24.7 Å². The fraction of sp³-hybridized carbons (Fsp3) is 0.500. The standard InChI is InChI=1S/C14H21N5O/c1-5-18-9-7-15-13(18)10-17(4)14(20)12-6-8-19(16-12)11(2)3/h6-9,11H,5,10H2,1-4H3. The van der Waals surface area contributed by atoms with Crippen molar-refractivity contribution in [3.8, 4) is 0 Å². The largest absolute Gasteiger partial charge is 0.334 e. The molecule has 2 aromatic rings. The smallest absolute Gasteiger partial charge is 0.274 e. The van der Waals surface area contributed by atoms with Crippen molar-refractivity contribution in [2.75, 3.05) is 7.05 Å². The number of hydrogen-bond acceptors (Lipinski definition) is 3. The Hall–Kier alpha value is -2.11. The zero-order chi connectivity index (χ0) is 14.7. The summed E-state index contributed by atoms with van der Waals surface area (Å²) in [6.45, 7) is 7.44. The maximum atomic E-state index is 12.3. The second-order valence-electron chi connectivity index (χ2n) is 5.07. The summed E-state index contributed by atoms with van der Waals surface area (Å²) in [5.74, 6) is 0.793. The molecule has 0 aliphatic carbocycles. The van der Waals surface area contributed by atoms with E-state index < -0.39 is 0 Å². The Labute approximate surface area is 119 Å². The molecule has 0 atom stereocenters. The number of imidazole rings is 1. The third kappa shape index (κ3) is 2.89. The number of rotatable bonds is 5. The fourth-order valence-corrected chi connectivity index (χ4v) is 2.00. The molecule has 20 heavy (non-hydrogen) atoms. The topological polar surface area (TPSA) is 56.0 Å². The van der Waals surface area contributed by atoms with Gasteiger partial charge in [0.05, 0.1) is 6.54 Å². The van der Waals surface area contributed by atoms with Gasteiger partial charge in [-0.3, -0.25) is 9.48 Å². The molecule has 0 saturated carbocycles. The molecule has 0 unspecified atom stereocenters. The lowest BCUT2D eigenvalue weighted by Crippen LogP contribution is -2.28. The minimum absolute atomic E-state index is 0.0879. The van der Waals surface area contributed by atoms with E-state index in [-0.39, 0.29) is 11.9 Å². The number of carbonyl (C=O) groups is 1. The van der Waals surface area contributed by atoms with Crippen LogP contribution in [0.2, 0.25) is 0 Å². The first kappa shape index (κ1) is 14.3. The van der Waals surface area contributed by atoms with Crippen LogP contribution in [0.1, 0.15) is 43.1 Å². The maximum Gasteiger partial charge on any atom is 0.274 e. The summed E-state index contributed by atoms with van der Waals surface area (Å²) < 4.78 is 3.81. The summed E-state index contributed by atoms with van der Waals surface area (Å²) in [4.78, 5) is 18.2. The van der Waals surface area contributed by atoms with Gasteiger partial charge in [-0.1, -0.05) is 0 Å². The van der Waals surface area contributed by atoms with Crippen molar-refractivity contribution >= 4 is 5.91 Å². The Kier molecular flexibility index (Phi) is 4.22. The van der Waals surface area contributed by atoms with Crippen LogP contribution in [0.4, 0.5) is 0 Å². The fourth-order valence-electron chi connectivity index (χ4n) is 2.00. The zero-order valence-corrected chi connectivity index (χ0v) is 12.4. The normalized spacial score (nSPS) is 11.1. The molecule has 2 rings (SSSR count). The van der Waals surface area contributed by atoms with E-state index in [2.05, 4.69) is 17.0 Å². The van der Waals surface area contributed by atoms with E-state index >= 15 is 0 Å². The van der Waals surface area contributed by atoms with Gasteiger partial charge in [-0.25, -0.2) is 4.98 Å². The second-order valence-corrected chi connectivity index (χ2v) is 5.07. The highest BCUT2D eigenvalue weighted by Gasteiger charge is 2.17. The average molecular weight is 275 g/mol. The van der Waals surface area contributed by atoms with Crippen molar-refractivity contribution in [2.45, 2.75) is 39.9 Å². The number of nitrogens with zero attached hydrogens (tertiary/aromatic N) is 5. The van der Waals surface area contributed by atoms with E-state index in [0.717, 1.165) is 12.4 Å². The van der Waals surface area contributed by atoms with Crippen LogP contribution >= 0.6 is 0 Å². The van der Waals surface area contributed by atoms with Gasteiger partial charge < -0.3 is 9.47 Å². The molecule has 0 bridgehead atoms. The van der Waals surface area contributed by atoms with Crippen LogP contribution < -0.4 is 0 Å². The Balaban J connectivity index is 2.08. The summed E-state index contributed by atoms with van der Waals surface area (Å²) in [7, 11) is 1.77. The van der Waals surface area contributed by atoms with E-state index in [0.29, 0.717) is 12.2 Å². The molecule has 6 nitrogen and oxygen atoms in total. The van der Waals surface area contributed by atoms with Crippen molar-refractivity contribution in [2.24, 2.45) is 0 Å². The number of aryl methyl sites for hydroxylation is 1. The van der Waals surface area contributed by atoms with Gasteiger partial charge in [0, 0.05) is 38.2 Å². The lowest BCUT2D eigenvalue weighted by atomic mass is 10.3. The first-order chi connectivity index (χ1) is 9.52. The number of hydrogen-bond donors (Lipinski definition) is 0. The van der Waals surface area contributed by atoms with Crippen molar-refractivity contribution in [3.05, 3.63) is 36.2 Å². The van der Waals surface area contributed by atoms with E-state index in [1.165, 1.54) is 0 Å². The maximum absolute atomic E-state index is 12.3. The Bertz CT molecular complexity index is 584. The van der Waals surface area contributed by atoms with Crippen LogP contribution in [0.25, 0.3) is 0 Å². The van der Waals surface area contributed by atoms with E-state index in [1.54, 1.807) is 28.9 Å². The predicted molar refractivity (Wildman–Crippen MR) is 76.3 cm³/mol. The number of amides is 1. The monoisotopic (exact) mass is 275 g/mol. The molecular formula is C14H21N5O. The van der Waals surface area contributed by atoms with Gasteiger partial charge in [0.1, 0.15) is 11.5 Å². The van der Waals surface area contributed by atoms with Crippen molar-refractivity contribution in [3.63, 3.8) is 0 Å². The summed E-state index contributed by atoms with van der Waals surface area (Å²) >= 11 is 0. The molecule has 0 aliphatic heterocycles. The van der Waals surface area contributed by atoms with Gasteiger partial charge in [0.25, 0.3) is 5.91 Å². The molecule has 0 fully saturated rings. The van der Waals surface area contributed by atoms with Gasteiger partial charge in [-0.15, -0.1) is 0 Å². The molecule has 108 valence electrons. The second kappa shape index (κ2) is 5.90. The van der Waals surface area contributed by atoms with Gasteiger partial charge >= 0.3 is 0 Å². The minimum atomic E-state index is -0.0879. The molecule has 1 amide bonds. The van der Waals surface area contributed by atoms with E-state index in [1.807, 2.05) is 30.8 Å². The van der Waals surface area contributed by atoms with Crippen molar-refractivity contribution < 1.29 is 4.79 Å². The summed E-state index contributed by atoms with van der Waals surface area (Å²) in [5, 5.41) is 4.30. The van der Waals surface area contributed by atoms with Crippen LogP contribution in [0, 0.1) is 0 Å². The Morgan fingerprint density at radius 1 is 1.40 bits per heavy atom. The SMILES string of the molecule is CCn1ccnc1CN(C)C(=O)c1ccn(C(C)C)n1. The summed E-state index contributed by atoms with van der Waals surface area (Å²) in [6, 6.07) is 2.01. The molecule has 2 aromatic heterocycles. The van der Waals surface area contributed by atoms with Crippen LogP contribution in [-0.4, -0.2) is 37.2 Å². The van der Waals surface area contributed by atoms with Crippen LogP contribution in [-0.2, 0) is 13.1 Å². The highest BCUT2D eigenvalue weighted by atomic mass is 16.2. The first-order valence-corrected chi connectivity index (χ1v) is 6.83. The van der Waals surface area contributed by atoms with Gasteiger partial charge in [0.15, 0.2) is 0 Å². The van der Waals surface area contributed by atoms with Gasteiger partial charge in [-0.2, -0.15) is 5.10 Å². The average Bonchev–Trinajstić information content (AvgIpc) is 3.06. The molecule has 0 spiro atoms. The summed E-state index contributed by atoms with van der Waals surface area (Å²) in [5.41, 5.74) is 0.468. The molecule has 2 heterocycles. The first-order valence-electron chi connectivity index (χ1n) is 6.83. The highest BCUT2D eigenvalue weighted by molar-refractivity contribution is 5.91. The Morgan fingerprint density at radius 3 is 2.75 bits per heavy atom. The molecule has 0 aromatic carbocycles. The lowest BCUT2D eigenvalue weighted by Gasteiger charge is -2.16. The quantitative estimate of drug-likeness (QED) is 0.838. The summed E-state index contributed by atoms with van der Waals surface area (Å²) in [6.07, 6.45) is 5.50. The number of carbonyl (C=O) groups excluding carboxylic acids is 1. The Morgan fingerprint density at radius 2 is 2.15 bits per heavy atom. The molecule has 0 aliphatic rings. The minimum Gasteiger partial charge on any atom is -0.334 e. The predicted octanol–water partition coefficient (Wildman–Crippen LogP) is 1.95. The molecule has 6 heteroatoms. The van der Waals surface area contributed by atoms with E-state index in [9.17, 15) is 4.79 Å². The van der Waals surface area contributed by atoms with Gasteiger partial charge in [0.2, 0.25) is 0 Å². The number of aromatic nitrogens is 4. The van der Waals surface area contributed by atoms with E-state index in [4.69, 9.17) is 0 Å². The van der Waals surface area contributed by atoms with Crippen LogP contribution in [0.5, 0.6) is 0 Å². The third-order valence-electron chi connectivity index (χ3n) is 3.22. The third-order valence-corrected chi connectivity index (χ3v) is 3.22. The zero-order valence-electron chi connectivity index (χ0n) is 12.4. The van der Waals surface area contributed by atoms with Crippen molar-refractivity contribution in [1.82, 2.24) is 24.2 Å². The van der Waals surface area contributed by atoms with Crippen molar-refractivity contribution in [1.29, 1.82) is 0 Å². The molecule has 0 N–H and O–H groups in total. The molecular weight excluding hydrogens is 254 g/mol. The lowest BCUT2D eigenvalue weighted by molar-refractivity contribution is 0.0773. The van der Waals surface area contributed by atoms with Gasteiger partial charge in [-0.05, 0) is 26.8 Å². The molecule has 0 saturated heterocycles. The highest BCUT2D eigenvalue weighted by Crippen LogP contribution is 2.08. The molecule has 0 radical (unpaired) electrons.